The Hall–Kier alpha value is -2.02. The second-order valence-corrected chi connectivity index (χ2v) is 5.36. The van der Waals surface area contributed by atoms with Gasteiger partial charge in [-0.25, -0.2) is 0 Å². The second kappa shape index (κ2) is 7.12. The molecule has 1 fully saturated rings. The highest BCUT2D eigenvalue weighted by atomic mass is 32.1. The Labute approximate surface area is 128 Å². The first-order chi connectivity index (χ1) is 10.1. The number of thiocarbonyl (C=S) groups is 1. The number of aromatic nitrogens is 1. The van der Waals surface area contributed by atoms with Crippen LogP contribution in [0.2, 0.25) is 0 Å². The normalized spacial score (nSPS) is 14.6. The van der Waals surface area contributed by atoms with Gasteiger partial charge < -0.3 is 16.0 Å². The number of amides is 2. The van der Waals surface area contributed by atoms with Crippen LogP contribution in [0.25, 0.3) is 0 Å². The van der Waals surface area contributed by atoms with Crippen LogP contribution in [0, 0.1) is 0 Å². The lowest BCUT2D eigenvalue weighted by atomic mass is 10.1. The highest BCUT2D eigenvalue weighted by Crippen LogP contribution is 2.08. The highest BCUT2D eigenvalue weighted by molar-refractivity contribution is 7.80. The van der Waals surface area contributed by atoms with Crippen LogP contribution in [0.4, 0.5) is 0 Å². The molecule has 1 aromatic heterocycles. The third kappa shape index (κ3) is 4.22. The standard InChI is InChI=1S/C14H18N4O2S/c15-13(21)10-4-5-11(16-8-10)14(20)17-9-12(19)18-6-2-1-3-7-18/h4-5,8H,1-3,6-7,9H2,(H2,15,21)(H,17,20). The molecule has 0 aromatic carbocycles. The van der Waals surface area contributed by atoms with Crippen molar-refractivity contribution >= 4 is 29.0 Å². The average molecular weight is 306 g/mol. The number of nitrogens with two attached hydrogens (primary N) is 1. The maximum absolute atomic E-state index is 11.9. The van der Waals surface area contributed by atoms with Crippen molar-refractivity contribution in [3.8, 4) is 0 Å². The van der Waals surface area contributed by atoms with Crippen LogP contribution >= 0.6 is 12.2 Å². The smallest absolute Gasteiger partial charge is 0.270 e. The summed E-state index contributed by atoms with van der Waals surface area (Å²) in [7, 11) is 0. The molecule has 0 saturated carbocycles. The number of nitrogens with zero attached hydrogens (tertiary/aromatic N) is 2. The van der Waals surface area contributed by atoms with Crippen LogP contribution < -0.4 is 11.1 Å². The maximum atomic E-state index is 11.9. The lowest BCUT2D eigenvalue weighted by Gasteiger charge is -2.26. The number of likely N-dealkylation sites (tertiary alicyclic amines) is 1. The summed E-state index contributed by atoms with van der Waals surface area (Å²) >= 11 is 4.82. The van der Waals surface area contributed by atoms with E-state index in [0.29, 0.717) is 5.56 Å². The van der Waals surface area contributed by atoms with Gasteiger partial charge in [0.1, 0.15) is 10.7 Å². The van der Waals surface area contributed by atoms with E-state index in [2.05, 4.69) is 10.3 Å². The summed E-state index contributed by atoms with van der Waals surface area (Å²) in [6.07, 6.45) is 4.67. The first kappa shape index (κ1) is 15.4. The molecule has 0 unspecified atom stereocenters. The molecule has 1 saturated heterocycles. The number of hydrogen-bond acceptors (Lipinski definition) is 4. The number of carbonyl (C=O) groups excluding carboxylic acids is 2. The van der Waals surface area contributed by atoms with Crippen molar-refractivity contribution in [1.29, 1.82) is 0 Å². The molecular weight excluding hydrogens is 288 g/mol. The third-order valence-corrected chi connectivity index (χ3v) is 3.63. The third-order valence-electron chi connectivity index (χ3n) is 3.39. The van der Waals surface area contributed by atoms with Gasteiger partial charge in [-0.15, -0.1) is 0 Å². The van der Waals surface area contributed by atoms with E-state index in [9.17, 15) is 9.59 Å². The molecule has 7 heteroatoms. The molecule has 2 amide bonds. The molecule has 0 spiro atoms. The molecule has 112 valence electrons. The minimum Gasteiger partial charge on any atom is -0.389 e. The number of pyridine rings is 1. The summed E-state index contributed by atoms with van der Waals surface area (Å²) in [6.45, 7) is 1.54. The van der Waals surface area contributed by atoms with Crippen molar-refractivity contribution in [2.24, 2.45) is 5.73 Å². The topological polar surface area (TPSA) is 88.3 Å². The molecule has 2 rings (SSSR count). The zero-order chi connectivity index (χ0) is 15.2. The van der Waals surface area contributed by atoms with E-state index in [1.807, 2.05) is 0 Å². The van der Waals surface area contributed by atoms with E-state index < -0.39 is 0 Å². The van der Waals surface area contributed by atoms with E-state index in [1.165, 1.54) is 12.3 Å². The van der Waals surface area contributed by atoms with Crippen molar-refractivity contribution in [2.75, 3.05) is 19.6 Å². The monoisotopic (exact) mass is 306 g/mol. The van der Waals surface area contributed by atoms with Gasteiger partial charge in [0, 0.05) is 24.8 Å². The predicted octanol–water partition coefficient (Wildman–Crippen LogP) is 0.458. The number of nitrogens with one attached hydrogen (secondary N) is 1. The number of carbonyl (C=O) groups is 2. The SMILES string of the molecule is NC(=S)c1ccc(C(=O)NCC(=O)N2CCCCC2)nc1. The Kier molecular flexibility index (Phi) is 5.21. The highest BCUT2D eigenvalue weighted by Gasteiger charge is 2.17. The summed E-state index contributed by atoms with van der Waals surface area (Å²) in [4.78, 5) is 29.8. The minimum absolute atomic E-state index is 0.00241. The average Bonchev–Trinajstić information content (AvgIpc) is 2.53. The Morgan fingerprint density at radius 2 is 2.00 bits per heavy atom. The second-order valence-electron chi connectivity index (χ2n) is 4.92. The molecule has 0 atom stereocenters. The molecule has 0 radical (unpaired) electrons. The van der Waals surface area contributed by atoms with Gasteiger partial charge in [-0.1, -0.05) is 12.2 Å². The predicted molar refractivity (Wildman–Crippen MR) is 82.9 cm³/mol. The summed E-state index contributed by atoms with van der Waals surface area (Å²) in [5, 5.41) is 2.59. The number of piperidine rings is 1. The van der Waals surface area contributed by atoms with Gasteiger partial charge >= 0.3 is 0 Å². The molecule has 0 aliphatic carbocycles. The van der Waals surface area contributed by atoms with E-state index in [0.717, 1.165) is 32.4 Å². The Balaban J connectivity index is 1.86. The number of hydrogen-bond donors (Lipinski definition) is 2. The molecule has 21 heavy (non-hydrogen) atoms. The molecule has 2 heterocycles. The zero-order valence-electron chi connectivity index (χ0n) is 11.7. The largest absolute Gasteiger partial charge is 0.389 e. The van der Waals surface area contributed by atoms with Gasteiger partial charge in [-0.05, 0) is 31.4 Å². The number of rotatable bonds is 4. The maximum Gasteiger partial charge on any atom is 0.270 e. The van der Waals surface area contributed by atoms with Gasteiger partial charge in [0.25, 0.3) is 5.91 Å². The summed E-state index contributed by atoms with van der Waals surface area (Å²) in [5.41, 5.74) is 6.30. The van der Waals surface area contributed by atoms with Gasteiger partial charge in [0.15, 0.2) is 0 Å². The van der Waals surface area contributed by atoms with Crippen LogP contribution in [-0.2, 0) is 4.79 Å². The van der Waals surface area contributed by atoms with Crippen LogP contribution in [0.1, 0.15) is 35.3 Å². The Bertz CT molecular complexity index is 538. The fourth-order valence-electron chi connectivity index (χ4n) is 2.18. The van der Waals surface area contributed by atoms with Crippen LogP contribution in [0.5, 0.6) is 0 Å². The van der Waals surface area contributed by atoms with Crippen LogP contribution in [-0.4, -0.2) is 46.3 Å². The Morgan fingerprint density at radius 3 is 2.57 bits per heavy atom. The lowest BCUT2D eigenvalue weighted by molar-refractivity contribution is -0.130. The molecule has 1 aromatic rings. The summed E-state index contributed by atoms with van der Waals surface area (Å²) in [6, 6.07) is 3.17. The molecule has 1 aliphatic rings. The van der Waals surface area contributed by atoms with E-state index >= 15 is 0 Å². The molecule has 0 bridgehead atoms. The van der Waals surface area contributed by atoms with Crippen molar-refractivity contribution in [3.63, 3.8) is 0 Å². The molecule has 3 N–H and O–H groups in total. The van der Waals surface area contributed by atoms with E-state index in [1.54, 1.807) is 11.0 Å². The Morgan fingerprint density at radius 1 is 1.29 bits per heavy atom. The van der Waals surface area contributed by atoms with Crippen molar-refractivity contribution in [2.45, 2.75) is 19.3 Å². The minimum atomic E-state index is -0.380. The van der Waals surface area contributed by atoms with Crippen LogP contribution in [0.3, 0.4) is 0 Å². The van der Waals surface area contributed by atoms with Gasteiger partial charge in [0.05, 0.1) is 6.54 Å². The quantitative estimate of drug-likeness (QED) is 0.789. The molecular formula is C14H18N4O2S. The van der Waals surface area contributed by atoms with Crippen molar-refractivity contribution in [3.05, 3.63) is 29.6 Å². The first-order valence-corrected chi connectivity index (χ1v) is 7.30. The molecule has 6 nitrogen and oxygen atoms in total. The van der Waals surface area contributed by atoms with Crippen molar-refractivity contribution in [1.82, 2.24) is 15.2 Å². The molecule has 1 aliphatic heterocycles. The summed E-state index contributed by atoms with van der Waals surface area (Å²) < 4.78 is 0. The van der Waals surface area contributed by atoms with E-state index in [4.69, 9.17) is 18.0 Å². The van der Waals surface area contributed by atoms with Gasteiger partial charge in [0.2, 0.25) is 5.91 Å². The van der Waals surface area contributed by atoms with Gasteiger partial charge in [-0.2, -0.15) is 0 Å². The first-order valence-electron chi connectivity index (χ1n) is 6.90. The summed E-state index contributed by atoms with van der Waals surface area (Å²) in [5.74, 6) is -0.433. The van der Waals surface area contributed by atoms with Crippen LogP contribution in [0.15, 0.2) is 18.3 Å². The zero-order valence-corrected chi connectivity index (χ0v) is 12.5. The van der Waals surface area contributed by atoms with E-state index in [-0.39, 0.29) is 29.0 Å². The fourth-order valence-corrected chi connectivity index (χ4v) is 2.30. The van der Waals surface area contributed by atoms with Gasteiger partial charge in [-0.3, -0.25) is 14.6 Å². The lowest BCUT2D eigenvalue weighted by Crippen LogP contribution is -2.42. The van der Waals surface area contributed by atoms with Crippen molar-refractivity contribution < 1.29 is 9.59 Å². The fraction of sp³-hybridized carbons (Fsp3) is 0.429.